The van der Waals surface area contributed by atoms with Crippen LogP contribution in [0.15, 0.2) is 53.1 Å². The van der Waals surface area contributed by atoms with Gasteiger partial charge in [-0.2, -0.15) is 0 Å². The average Bonchev–Trinajstić information content (AvgIpc) is 2.98. The Morgan fingerprint density at radius 3 is 2.72 bits per heavy atom. The number of amides is 2. The van der Waals surface area contributed by atoms with Gasteiger partial charge in [0.15, 0.2) is 0 Å². The first-order chi connectivity index (χ1) is 12.0. The highest BCUT2D eigenvalue weighted by atomic mass is 79.9. The maximum absolute atomic E-state index is 12.7. The first-order valence-electron chi connectivity index (χ1n) is 8.20. The molecule has 1 saturated heterocycles. The number of hydrogen-bond donors (Lipinski definition) is 0. The normalized spacial score (nSPS) is 17.0. The Balaban J connectivity index is 1.59. The molecule has 1 atom stereocenters. The molecule has 5 nitrogen and oxygen atoms in total. The molecule has 2 aromatic rings. The zero-order chi connectivity index (χ0) is 17.8. The van der Waals surface area contributed by atoms with E-state index in [1.807, 2.05) is 42.5 Å². The van der Waals surface area contributed by atoms with Crippen LogP contribution in [0.3, 0.4) is 0 Å². The van der Waals surface area contributed by atoms with Crippen LogP contribution in [0, 0.1) is 5.92 Å². The number of rotatable bonds is 5. The van der Waals surface area contributed by atoms with E-state index < -0.39 is 0 Å². The minimum Gasteiger partial charge on any atom is -0.341 e. The van der Waals surface area contributed by atoms with E-state index in [0.29, 0.717) is 19.6 Å². The molecule has 1 aromatic carbocycles. The van der Waals surface area contributed by atoms with Crippen molar-refractivity contribution in [2.24, 2.45) is 5.92 Å². The van der Waals surface area contributed by atoms with E-state index in [-0.39, 0.29) is 24.2 Å². The number of hydrogen-bond acceptors (Lipinski definition) is 3. The lowest BCUT2D eigenvalue weighted by molar-refractivity contribution is -0.135. The molecular formula is C19H20BrN3O2. The molecule has 1 aromatic heterocycles. The van der Waals surface area contributed by atoms with Gasteiger partial charge in [0.1, 0.15) is 0 Å². The van der Waals surface area contributed by atoms with Crippen LogP contribution >= 0.6 is 15.9 Å². The van der Waals surface area contributed by atoms with Crippen LogP contribution in [-0.2, 0) is 22.7 Å². The lowest BCUT2D eigenvalue weighted by Crippen LogP contribution is -2.34. The molecule has 0 bridgehead atoms. The van der Waals surface area contributed by atoms with Crippen LogP contribution in [0.4, 0.5) is 0 Å². The smallest absolute Gasteiger partial charge is 0.228 e. The molecule has 0 saturated carbocycles. The first-order valence-corrected chi connectivity index (χ1v) is 8.99. The Bertz CT molecular complexity index is 749. The Morgan fingerprint density at radius 1 is 1.28 bits per heavy atom. The fraction of sp³-hybridized carbons (Fsp3) is 0.316. The summed E-state index contributed by atoms with van der Waals surface area (Å²) < 4.78 is 1.01. The summed E-state index contributed by atoms with van der Waals surface area (Å²) >= 11 is 3.41. The molecule has 1 aliphatic rings. The van der Waals surface area contributed by atoms with E-state index in [0.717, 1.165) is 15.7 Å². The number of carbonyl (C=O) groups excluding carboxylic acids is 2. The molecule has 2 heterocycles. The number of benzene rings is 1. The number of aromatic nitrogens is 1. The fourth-order valence-electron chi connectivity index (χ4n) is 3.03. The molecule has 0 spiro atoms. The quantitative estimate of drug-likeness (QED) is 0.773. The summed E-state index contributed by atoms with van der Waals surface area (Å²) in [5.74, 6) is -0.252. The Labute approximate surface area is 155 Å². The summed E-state index contributed by atoms with van der Waals surface area (Å²) in [7, 11) is 1.79. The van der Waals surface area contributed by atoms with E-state index in [9.17, 15) is 9.59 Å². The molecular weight excluding hydrogens is 382 g/mol. The van der Waals surface area contributed by atoms with Gasteiger partial charge in [0.2, 0.25) is 11.8 Å². The number of halogens is 1. The zero-order valence-electron chi connectivity index (χ0n) is 14.1. The summed E-state index contributed by atoms with van der Waals surface area (Å²) in [4.78, 5) is 32.6. The molecule has 1 fully saturated rings. The van der Waals surface area contributed by atoms with Crippen molar-refractivity contribution in [3.8, 4) is 0 Å². The standard InChI is InChI=1S/C19H20BrN3O2/c1-22(11-14-5-7-16(20)8-6-14)19(25)15-10-18(24)23(12-15)13-17-4-2-3-9-21-17/h2-9,15H,10-13H2,1H3. The first kappa shape index (κ1) is 17.6. The summed E-state index contributed by atoms with van der Waals surface area (Å²) in [6.07, 6.45) is 1.99. The van der Waals surface area contributed by atoms with Crippen molar-refractivity contribution in [2.75, 3.05) is 13.6 Å². The summed E-state index contributed by atoms with van der Waals surface area (Å²) in [6, 6.07) is 13.5. The molecule has 1 unspecified atom stereocenters. The SMILES string of the molecule is CN(Cc1ccc(Br)cc1)C(=O)C1CC(=O)N(Cc2ccccn2)C1. The third kappa shape index (κ3) is 4.45. The second-order valence-electron chi connectivity index (χ2n) is 6.32. The van der Waals surface area contributed by atoms with E-state index >= 15 is 0 Å². The molecule has 3 rings (SSSR count). The van der Waals surface area contributed by atoms with Crippen molar-refractivity contribution in [3.63, 3.8) is 0 Å². The van der Waals surface area contributed by atoms with Crippen molar-refractivity contribution in [3.05, 3.63) is 64.4 Å². The van der Waals surface area contributed by atoms with Gasteiger partial charge in [-0.15, -0.1) is 0 Å². The van der Waals surface area contributed by atoms with Crippen LogP contribution in [0.5, 0.6) is 0 Å². The van der Waals surface area contributed by atoms with Crippen molar-refractivity contribution in [1.82, 2.24) is 14.8 Å². The van der Waals surface area contributed by atoms with E-state index in [4.69, 9.17) is 0 Å². The molecule has 1 aliphatic heterocycles. The highest BCUT2D eigenvalue weighted by molar-refractivity contribution is 9.10. The Hall–Kier alpha value is -2.21. The van der Waals surface area contributed by atoms with Gasteiger partial charge < -0.3 is 9.80 Å². The topological polar surface area (TPSA) is 53.5 Å². The maximum Gasteiger partial charge on any atom is 0.228 e. The minimum absolute atomic E-state index is 0.0137. The molecule has 25 heavy (non-hydrogen) atoms. The number of likely N-dealkylation sites (tertiary alicyclic amines) is 1. The summed E-state index contributed by atoms with van der Waals surface area (Å²) in [5.41, 5.74) is 1.90. The van der Waals surface area contributed by atoms with Gasteiger partial charge in [0, 0.05) is 37.2 Å². The van der Waals surface area contributed by atoms with Gasteiger partial charge in [0.05, 0.1) is 18.2 Å². The van der Waals surface area contributed by atoms with Crippen molar-refractivity contribution >= 4 is 27.7 Å². The summed E-state index contributed by atoms with van der Waals surface area (Å²) in [6.45, 7) is 1.45. The second kappa shape index (κ2) is 7.78. The third-order valence-corrected chi connectivity index (χ3v) is 4.88. The lowest BCUT2D eigenvalue weighted by atomic mass is 10.1. The van der Waals surface area contributed by atoms with Gasteiger partial charge >= 0.3 is 0 Å². The number of carbonyl (C=O) groups is 2. The lowest BCUT2D eigenvalue weighted by Gasteiger charge is -2.21. The number of pyridine rings is 1. The second-order valence-corrected chi connectivity index (χ2v) is 7.23. The van der Waals surface area contributed by atoms with E-state index in [1.54, 1.807) is 23.0 Å². The van der Waals surface area contributed by atoms with Crippen molar-refractivity contribution in [2.45, 2.75) is 19.5 Å². The molecule has 0 N–H and O–H groups in total. The van der Waals surface area contributed by atoms with Gasteiger partial charge in [-0.25, -0.2) is 0 Å². The molecule has 2 amide bonds. The minimum atomic E-state index is -0.281. The summed E-state index contributed by atoms with van der Waals surface area (Å²) in [5, 5.41) is 0. The van der Waals surface area contributed by atoms with Crippen LogP contribution in [-0.4, -0.2) is 40.2 Å². The molecule has 0 aliphatic carbocycles. The average molecular weight is 402 g/mol. The highest BCUT2D eigenvalue weighted by Gasteiger charge is 2.35. The largest absolute Gasteiger partial charge is 0.341 e. The van der Waals surface area contributed by atoms with Gasteiger partial charge in [-0.05, 0) is 29.8 Å². The fourth-order valence-corrected chi connectivity index (χ4v) is 3.30. The van der Waals surface area contributed by atoms with Crippen LogP contribution in [0.1, 0.15) is 17.7 Å². The third-order valence-electron chi connectivity index (χ3n) is 4.35. The molecule has 0 radical (unpaired) electrons. The maximum atomic E-state index is 12.7. The zero-order valence-corrected chi connectivity index (χ0v) is 15.6. The molecule has 6 heteroatoms. The van der Waals surface area contributed by atoms with E-state index in [2.05, 4.69) is 20.9 Å². The monoisotopic (exact) mass is 401 g/mol. The van der Waals surface area contributed by atoms with E-state index in [1.165, 1.54) is 0 Å². The van der Waals surface area contributed by atoms with Crippen LogP contribution in [0.25, 0.3) is 0 Å². The van der Waals surface area contributed by atoms with Crippen molar-refractivity contribution < 1.29 is 9.59 Å². The Morgan fingerprint density at radius 2 is 2.04 bits per heavy atom. The van der Waals surface area contributed by atoms with Crippen LogP contribution in [0.2, 0.25) is 0 Å². The van der Waals surface area contributed by atoms with Gasteiger partial charge in [-0.1, -0.05) is 34.1 Å². The van der Waals surface area contributed by atoms with Gasteiger partial charge in [0.25, 0.3) is 0 Å². The molecule has 130 valence electrons. The predicted molar refractivity (Wildman–Crippen MR) is 98.4 cm³/mol. The highest BCUT2D eigenvalue weighted by Crippen LogP contribution is 2.22. The Kier molecular flexibility index (Phi) is 5.48. The van der Waals surface area contributed by atoms with Gasteiger partial charge in [-0.3, -0.25) is 14.6 Å². The number of nitrogens with zero attached hydrogens (tertiary/aromatic N) is 3. The predicted octanol–water partition coefficient (Wildman–Crippen LogP) is 2.85. The van der Waals surface area contributed by atoms with Crippen LogP contribution < -0.4 is 0 Å². The van der Waals surface area contributed by atoms with Crippen molar-refractivity contribution in [1.29, 1.82) is 0 Å².